The number of carbonyl (C=O) groups is 1. The molecule has 0 bridgehead atoms. The van der Waals surface area contributed by atoms with Gasteiger partial charge < -0.3 is 0 Å². The second kappa shape index (κ2) is 4.04. The Hall–Kier alpha value is -1.33. The Bertz CT molecular complexity index is 354. The van der Waals surface area contributed by atoms with E-state index in [4.69, 9.17) is 0 Å². The molecule has 0 spiro atoms. The summed E-state index contributed by atoms with van der Waals surface area (Å²) in [4.78, 5) is 10.8. The van der Waals surface area contributed by atoms with Crippen LogP contribution < -0.4 is 0 Å². The number of carbonyl (C=O) groups excluding carboxylic acids is 1. The summed E-state index contributed by atoms with van der Waals surface area (Å²) in [5, 5.41) is 3.56. The number of ketones is 1. The molecule has 0 amide bonds. The highest BCUT2D eigenvalue weighted by Crippen LogP contribution is 2.20. The summed E-state index contributed by atoms with van der Waals surface area (Å²) >= 11 is 0. The molecule has 6 heteroatoms. The summed E-state index contributed by atoms with van der Waals surface area (Å²) in [6.45, 7) is 4.31. The van der Waals surface area contributed by atoms with Crippen LogP contribution in [0.25, 0.3) is 0 Å². The van der Waals surface area contributed by atoms with E-state index in [1.54, 1.807) is 0 Å². The van der Waals surface area contributed by atoms with E-state index in [0.717, 1.165) is 6.07 Å². The molecule has 0 N–H and O–H groups in total. The van der Waals surface area contributed by atoms with Crippen LogP contribution in [0.5, 0.6) is 0 Å². The lowest BCUT2D eigenvalue weighted by molar-refractivity contribution is -0.0888. The fraction of sp³-hybridized carbons (Fsp3) is 0.556. The Morgan fingerprint density at radius 3 is 2.60 bits per heavy atom. The lowest BCUT2D eigenvalue weighted by Crippen LogP contribution is -2.23. The van der Waals surface area contributed by atoms with Gasteiger partial charge in [0.2, 0.25) is 0 Å². The minimum Gasteiger partial charge on any atom is -0.282 e. The second-order valence-corrected chi connectivity index (χ2v) is 3.64. The molecule has 0 aliphatic carbocycles. The molecule has 0 aliphatic heterocycles. The molecule has 0 saturated heterocycles. The van der Waals surface area contributed by atoms with Crippen molar-refractivity contribution in [2.24, 2.45) is 5.92 Å². The van der Waals surface area contributed by atoms with Gasteiger partial charge in [-0.2, -0.15) is 18.3 Å². The number of nitrogens with zero attached hydrogens (tertiary/aromatic N) is 2. The normalized spacial score (nSPS) is 12.1. The maximum atomic E-state index is 12.0. The first-order valence-corrected chi connectivity index (χ1v) is 4.45. The van der Waals surface area contributed by atoms with E-state index < -0.39 is 17.7 Å². The Labute approximate surface area is 84.9 Å². The van der Waals surface area contributed by atoms with Crippen molar-refractivity contribution < 1.29 is 18.0 Å². The zero-order valence-corrected chi connectivity index (χ0v) is 8.38. The molecule has 3 nitrogen and oxygen atoms in total. The van der Waals surface area contributed by atoms with E-state index in [1.165, 1.54) is 10.9 Å². The van der Waals surface area contributed by atoms with E-state index in [1.807, 2.05) is 13.8 Å². The van der Waals surface area contributed by atoms with Gasteiger partial charge in [-0.3, -0.25) is 9.48 Å². The van der Waals surface area contributed by atoms with Crippen LogP contribution in [0.3, 0.4) is 0 Å². The summed E-state index contributed by atoms with van der Waals surface area (Å²) in [5.41, 5.74) is -0.553. The molecule has 0 atom stereocenters. The van der Waals surface area contributed by atoms with Gasteiger partial charge in [-0.1, -0.05) is 13.8 Å². The quantitative estimate of drug-likeness (QED) is 0.732. The monoisotopic (exact) mass is 220 g/mol. The molecule has 1 rings (SSSR count). The van der Waals surface area contributed by atoms with Crippen molar-refractivity contribution in [1.29, 1.82) is 0 Å². The number of aromatic nitrogens is 2. The largest absolute Gasteiger partial charge is 0.456 e. The zero-order valence-electron chi connectivity index (χ0n) is 8.38. The van der Waals surface area contributed by atoms with Crippen molar-refractivity contribution >= 4 is 5.78 Å². The minimum absolute atomic E-state index is 0.263. The highest BCUT2D eigenvalue weighted by Gasteiger charge is 2.40. The molecule has 15 heavy (non-hydrogen) atoms. The highest BCUT2D eigenvalue weighted by molar-refractivity contribution is 5.98. The number of rotatable bonds is 3. The average molecular weight is 220 g/mol. The Morgan fingerprint density at radius 1 is 1.53 bits per heavy atom. The first-order chi connectivity index (χ1) is 6.80. The number of Topliss-reactive ketones (excluding diaryl/α,β-unsaturated/α-hetero) is 1. The molecule has 84 valence electrons. The van der Waals surface area contributed by atoms with Crippen LogP contribution in [0.1, 0.15) is 24.3 Å². The SMILES string of the molecule is CC(C)Cn1ccc(C(=O)C(F)(F)F)n1. The standard InChI is InChI=1S/C9H11F3N2O/c1-6(2)5-14-4-3-7(13-14)8(15)9(10,11)12/h3-4,6H,5H2,1-2H3. The minimum atomic E-state index is -4.85. The maximum absolute atomic E-state index is 12.0. The third kappa shape index (κ3) is 3.07. The Morgan fingerprint density at radius 2 is 2.13 bits per heavy atom. The van der Waals surface area contributed by atoms with Crippen LogP contribution in [0.4, 0.5) is 13.2 Å². The average Bonchev–Trinajstić information content (AvgIpc) is 2.48. The topological polar surface area (TPSA) is 34.9 Å². The first-order valence-electron chi connectivity index (χ1n) is 4.45. The molecule has 1 heterocycles. The van der Waals surface area contributed by atoms with Crippen LogP contribution in [0.2, 0.25) is 0 Å². The van der Waals surface area contributed by atoms with Gasteiger partial charge in [0.1, 0.15) is 5.69 Å². The number of hydrogen-bond donors (Lipinski definition) is 0. The Kier molecular flexibility index (Phi) is 3.16. The van der Waals surface area contributed by atoms with Crippen LogP contribution >= 0.6 is 0 Å². The lowest BCUT2D eigenvalue weighted by atomic mass is 10.2. The number of halogens is 3. The van der Waals surface area contributed by atoms with Gasteiger partial charge >= 0.3 is 6.18 Å². The van der Waals surface area contributed by atoms with Gasteiger partial charge in [-0.15, -0.1) is 0 Å². The van der Waals surface area contributed by atoms with Crippen LogP contribution in [0, 0.1) is 5.92 Å². The van der Waals surface area contributed by atoms with Gasteiger partial charge in [-0.05, 0) is 12.0 Å². The molecule has 0 aromatic carbocycles. The van der Waals surface area contributed by atoms with E-state index in [2.05, 4.69) is 5.10 Å². The molecule has 0 aliphatic rings. The van der Waals surface area contributed by atoms with Gasteiger partial charge in [0, 0.05) is 12.7 Å². The van der Waals surface area contributed by atoms with E-state index in [-0.39, 0.29) is 5.92 Å². The first kappa shape index (κ1) is 11.7. The Balaban J connectivity index is 2.81. The van der Waals surface area contributed by atoms with Crippen molar-refractivity contribution in [3.05, 3.63) is 18.0 Å². The molecular weight excluding hydrogens is 209 g/mol. The molecular formula is C9H11F3N2O. The van der Waals surface area contributed by atoms with Crippen LogP contribution in [0.15, 0.2) is 12.3 Å². The molecule has 0 fully saturated rings. The van der Waals surface area contributed by atoms with Crippen molar-refractivity contribution in [2.45, 2.75) is 26.6 Å². The van der Waals surface area contributed by atoms with Crippen molar-refractivity contribution in [3.63, 3.8) is 0 Å². The molecule has 1 aromatic rings. The highest BCUT2D eigenvalue weighted by atomic mass is 19.4. The predicted octanol–water partition coefficient (Wildman–Crippen LogP) is 2.28. The summed E-state index contributed by atoms with van der Waals surface area (Å²) in [6, 6.07) is 1.08. The number of alkyl halides is 3. The zero-order chi connectivity index (χ0) is 11.6. The summed E-state index contributed by atoms with van der Waals surface area (Å²) < 4.78 is 37.4. The third-order valence-electron chi connectivity index (χ3n) is 1.68. The van der Waals surface area contributed by atoms with Gasteiger partial charge in [0.25, 0.3) is 5.78 Å². The smallest absolute Gasteiger partial charge is 0.282 e. The fourth-order valence-electron chi connectivity index (χ4n) is 1.10. The summed E-state index contributed by atoms with van der Waals surface area (Å²) in [6.07, 6.45) is -3.48. The van der Waals surface area contributed by atoms with Crippen LogP contribution in [-0.4, -0.2) is 21.7 Å². The van der Waals surface area contributed by atoms with Crippen molar-refractivity contribution in [1.82, 2.24) is 9.78 Å². The predicted molar refractivity (Wildman–Crippen MR) is 47.5 cm³/mol. The maximum Gasteiger partial charge on any atom is 0.456 e. The summed E-state index contributed by atoms with van der Waals surface area (Å²) in [5.74, 6) is -1.64. The third-order valence-corrected chi connectivity index (χ3v) is 1.68. The second-order valence-electron chi connectivity index (χ2n) is 3.64. The van der Waals surface area contributed by atoms with E-state index >= 15 is 0 Å². The fourth-order valence-corrected chi connectivity index (χ4v) is 1.10. The number of hydrogen-bond acceptors (Lipinski definition) is 2. The summed E-state index contributed by atoms with van der Waals surface area (Å²) in [7, 11) is 0. The molecule has 1 aromatic heterocycles. The van der Waals surface area contributed by atoms with Gasteiger partial charge in [-0.25, -0.2) is 0 Å². The van der Waals surface area contributed by atoms with E-state index in [9.17, 15) is 18.0 Å². The van der Waals surface area contributed by atoms with E-state index in [0.29, 0.717) is 6.54 Å². The molecule has 0 unspecified atom stereocenters. The van der Waals surface area contributed by atoms with Crippen molar-refractivity contribution in [2.75, 3.05) is 0 Å². The molecule has 0 saturated carbocycles. The molecule has 0 radical (unpaired) electrons. The van der Waals surface area contributed by atoms with Crippen LogP contribution in [-0.2, 0) is 6.54 Å². The van der Waals surface area contributed by atoms with Crippen molar-refractivity contribution in [3.8, 4) is 0 Å². The van der Waals surface area contributed by atoms with Gasteiger partial charge in [0.15, 0.2) is 0 Å². The van der Waals surface area contributed by atoms with Gasteiger partial charge in [0.05, 0.1) is 0 Å². The lowest BCUT2D eigenvalue weighted by Gasteiger charge is -2.04.